The molecule has 0 aromatic heterocycles. The van der Waals surface area contributed by atoms with Gasteiger partial charge in [-0.3, -0.25) is 25.0 Å². The van der Waals surface area contributed by atoms with E-state index in [-0.39, 0.29) is 16.7 Å². The number of thiocarbonyl (C=S) groups is 1. The summed E-state index contributed by atoms with van der Waals surface area (Å²) < 4.78 is 0. The topological polar surface area (TPSA) is 113 Å². The average Bonchev–Trinajstić information content (AvgIpc) is 2.71. The molecule has 0 atom stereocenters. The molecule has 0 bridgehead atoms. The summed E-state index contributed by atoms with van der Waals surface area (Å²) >= 11 is 5.11. The highest BCUT2D eigenvalue weighted by Gasteiger charge is 2.05. The molecule has 0 radical (unpaired) electrons. The summed E-state index contributed by atoms with van der Waals surface area (Å²) in [6, 6.07) is 13.3. The summed E-state index contributed by atoms with van der Waals surface area (Å²) in [4.78, 5) is 33.5. The minimum Gasteiger partial charge on any atom is -0.359 e. The van der Waals surface area contributed by atoms with Gasteiger partial charge < -0.3 is 10.6 Å². The Morgan fingerprint density at radius 1 is 1.17 bits per heavy atom. The molecule has 29 heavy (non-hydrogen) atoms. The molecule has 0 spiro atoms. The molecule has 0 saturated carbocycles. The highest BCUT2D eigenvalue weighted by molar-refractivity contribution is 7.80. The first kappa shape index (κ1) is 21.7. The van der Waals surface area contributed by atoms with Crippen LogP contribution in [-0.2, 0) is 16.0 Å². The second kappa shape index (κ2) is 10.7. The van der Waals surface area contributed by atoms with E-state index in [2.05, 4.69) is 16.0 Å². The van der Waals surface area contributed by atoms with Gasteiger partial charge in [0.25, 0.3) is 5.69 Å². The number of non-ortho nitro benzene ring substituents is 1. The van der Waals surface area contributed by atoms with Gasteiger partial charge >= 0.3 is 0 Å². The number of anilines is 1. The van der Waals surface area contributed by atoms with E-state index in [1.807, 2.05) is 12.1 Å². The molecule has 9 heteroatoms. The molecule has 150 valence electrons. The Balaban J connectivity index is 1.85. The summed E-state index contributed by atoms with van der Waals surface area (Å²) in [6.07, 6.45) is 3.75. The van der Waals surface area contributed by atoms with Gasteiger partial charge in [0.1, 0.15) is 0 Å². The standard InChI is InChI=1S/C20H20N4O4S/c1-21-18(25)11-7-14-5-9-16(10-6-14)22-20(29)23-19(26)12-8-15-3-2-4-17(13-15)24(27)28/h2-6,8-10,12-13H,7,11H2,1H3,(H,21,25)(H2,22,23,26,29)/b12-8+. The molecule has 2 amide bonds. The van der Waals surface area contributed by atoms with E-state index >= 15 is 0 Å². The Morgan fingerprint density at radius 3 is 2.55 bits per heavy atom. The fourth-order valence-electron chi connectivity index (χ4n) is 2.37. The number of nitrogens with zero attached hydrogens (tertiary/aromatic N) is 1. The van der Waals surface area contributed by atoms with Crippen molar-refractivity contribution >= 4 is 46.6 Å². The van der Waals surface area contributed by atoms with E-state index in [0.717, 1.165) is 5.56 Å². The van der Waals surface area contributed by atoms with Gasteiger partial charge in [0.15, 0.2) is 5.11 Å². The molecule has 2 aromatic carbocycles. The number of aryl methyl sites for hydroxylation is 1. The molecule has 0 aliphatic rings. The molecule has 0 aliphatic carbocycles. The van der Waals surface area contributed by atoms with Crippen LogP contribution in [0.2, 0.25) is 0 Å². The fraction of sp³-hybridized carbons (Fsp3) is 0.150. The van der Waals surface area contributed by atoms with Gasteiger partial charge in [0, 0.05) is 37.4 Å². The lowest BCUT2D eigenvalue weighted by Crippen LogP contribution is -2.32. The third-order valence-corrected chi connectivity index (χ3v) is 4.08. The maximum Gasteiger partial charge on any atom is 0.270 e. The van der Waals surface area contributed by atoms with Gasteiger partial charge in [-0.05, 0) is 48.0 Å². The van der Waals surface area contributed by atoms with Crippen LogP contribution in [0.3, 0.4) is 0 Å². The molecular formula is C20H20N4O4S. The Bertz CT molecular complexity index is 942. The molecule has 8 nitrogen and oxygen atoms in total. The van der Waals surface area contributed by atoms with Crippen molar-refractivity contribution in [2.24, 2.45) is 0 Å². The summed E-state index contributed by atoms with van der Waals surface area (Å²) in [5.41, 5.74) is 2.18. The van der Waals surface area contributed by atoms with Crippen molar-refractivity contribution in [1.29, 1.82) is 0 Å². The highest BCUT2D eigenvalue weighted by atomic mass is 32.1. The minimum atomic E-state index is -0.500. The van der Waals surface area contributed by atoms with Gasteiger partial charge in [0.2, 0.25) is 11.8 Å². The number of rotatable bonds is 7. The van der Waals surface area contributed by atoms with Crippen molar-refractivity contribution < 1.29 is 14.5 Å². The molecule has 0 fully saturated rings. The van der Waals surface area contributed by atoms with Gasteiger partial charge in [-0.25, -0.2) is 0 Å². The number of carbonyl (C=O) groups excluding carboxylic acids is 2. The van der Waals surface area contributed by atoms with E-state index in [1.165, 1.54) is 24.3 Å². The lowest BCUT2D eigenvalue weighted by molar-refractivity contribution is -0.384. The fourth-order valence-corrected chi connectivity index (χ4v) is 2.59. The van der Waals surface area contributed by atoms with E-state index < -0.39 is 10.8 Å². The SMILES string of the molecule is CNC(=O)CCc1ccc(NC(=S)NC(=O)/C=C/c2cccc([N+](=O)[O-])c2)cc1. The lowest BCUT2D eigenvalue weighted by Gasteiger charge is -2.09. The third-order valence-electron chi connectivity index (χ3n) is 3.88. The zero-order chi connectivity index (χ0) is 21.2. The van der Waals surface area contributed by atoms with Crippen LogP contribution in [0.1, 0.15) is 17.5 Å². The van der Waals surface area contributed by atoms with Gasteiger partial charge in [0.05, 0.1) is 4.92 Å². The van der Waals surface area contributed by atoms with E-state index in [0.29, 0.717) is 24.1 Å². The summed E-state index contributed by atoms with van der Waals surface area (Å²) in [5.74, 6) is -0.481. The normalized spacial score (nSPS) is 10.4. The zero-order valence-electron chi connectivity index (χ0n) is 15.7. The van der Waals surface area contributed by atoms with Crippen LogP contribution < -0.4 is 16.0 Å². The molecule has 0 unspecified atom stereocenters. The number of carbonyl (C=O) groups is 2. The Labute approximate surface area is 173 Å². The van der Waals surface area contributed by atoms with Gasteiger partial charge in [-0.1, -0.05) is 24.3 Å². The molecule has 2 aromatic rings. The number of nitro groups is 1. The van der Waals surface area contributed by atoms with Crippen LogP contribution in [-0.4, -0.2) is 28.9 Å². The largest absolute Gasteiger partial charge is 0.359 e. The van der Waals surface area contributed by atoms with Crippen LogP contribution in [0.25, 0.3) is 6.08 Å². The van der Waals surface area contributed by atoms with Crippen molar-refractivity contribution in [1.82, 2.24) is 10.6 Å². The third kappa shape index (κ3) is 7.51. The van der Waals surface area contributed by atoms with Crippen LogP contribution in [0.5, 0.6) is 0 Å². The number of nitro benzene ring substituents is 1. The maximum absolute atomic E-state index is 12.0. The first-order valence-corrected chi connectivity index (χ1v) is 9.12. The molecule has 0 aliphatic heterocycles. The lowest BCUT2D eigenvalue weighted by atomic mass is 10.1. The van der Waals surface area contributed by atoms with Crippen molar-refractivity contribution in [2.45, 2.75) is 12.8 Å². The monoisotopic (exact) mass is 412 g/mol. The number of amides is 2. The quantitative estimate of drug-likeness (QED) is 0.279. The van der Waals surface area contributed by atoms with Crippen molar-refractivity contribution in [2.75, 3.05) is 12.4 Å². The van der Waals surface area contributed by atoms with Crippen molar-refractivity contribution in [3.8, 4) is 0 Å². The van der Waals surface area contributed by atoms with E-state index in [4.69, 9.17) is 12.2 Å². The molecule has 3 N–H and O–H groups in total. The van der Waals surface area contributed by atoms with E-state index in [9.17, 15) is 19.7 Å². The summed E-state index contributed by atoms with van der Waals surface area (Å²) in [7, 11) is 1.60. The van der Waals surface area contributed by atoms with Crippen molar-refractivity contribution in [3.05, 3.63) is 75.8 Å². The van der Waals surface area contributed by atoms with Gasteiger partial charge in [-0.2, -0.15) is 0 Å². The number of benzene rings is 2. The molecule has 0 saturated heterocycles. The van der Waals surface area contributed by atoms with E-state index in [1.54, 1.807) is 31.3 Å². The Hall–Kier alpha value is -3.59. The summed E-state index contributed by atoms with van der Waals surface area (Å²) in [6.45, 7) is 0. The predicted molar refractivity (Wildman–Crippen MR) is 115 cm³/mol. The second-order valence-corrected chi connectivity index (χ2v) is 6.41. The second-order valence-electron chi connectivity index (χ2n) is 6.00. The molecular weight excluding hydrogens is 392 g/mol. The predicted octanol–water partition coefficient (Wildman–Crippen LogP) is 2.80. The number of nitrogens with one attached hydrogen (secondary N) is 3. The van der Waals surface area contributed by atoms with Crippen LogP contribution in [0.4, 0.5) is 11.4 Å². The molecule has 0 heterocycles. The van der Waals surface area contributed by atoms with Crippen LogP contribution in [0.15, 0.2) is 54.6 Å². The Morgan fingerprint density at radius 2 is 1.90 bits per heavy atom. The average molecular weight is 412 g/mol. The van der Waals surface area contributed by atoms with Crippen LogP contribution >= 0.6 is 12.2 Å². The first-order valence-electron chi connectivity index (χ1n) is 8.71. The van der Waals surface area contributed by atoms with Crippen LogP contribution in [0, 0.1) is 10.1 Å². The first-order chi connectivity index (χ1) is 13.9. The van der Waals surface area contributed by atoms with Crippen molar-refractivity contribution in [3.63, 3.8) is 0 Å². The Kier molecular flexibility index (Phi) is 7.99. The van der Waals surface area contributed by atoms with Gasteiger partial charge in [-0.15, -0.1) is 0 Å². The maximum atomic E-state index is 12.0. The minimum absolute atomic E-state index is 0.0192. The smallest absolute Gasteiger partial charge is 0.270 e. The zero-order valence-corrected chi connectivity index (χ0v) is 16.5. The number of hydrogen-bond acceptors (Lipinski definition) is 5. The number of hydrogen-bond donors (Lipinski definition) is 3. The summed E-state index contributed by atoms with van der Waals surface area (Å²) in [5, 5.41) is 18.9. The molecule has 2 rings (SSSR count). The highest BCUT2D eigenvalue weighted by Crippen LogP contribution is 2.14.